The number of nitrogens with one attached hydrogen (secondary N) is 1. The third kappa shape index (κ3) is 4.71. The lowest BCUT2D eigenvalue weighted by Gasteiger charge is -2.18. The maximum Gasteiger partial charge on any atom is 0.265 e. The van der Waals surface area contributed by atoms with Crippen LogP contribution in [0.1, 0.15) is 24.2 Å². The monoisotopic (exact) mass is 392 g/mol. The molecule has 0 heterocycles. The molecule has 0 bridgehead atoms. The van der Waals surface area contributed by atoms with E-state index in [1.165, 1.54) is 26.4 Å². The predicted octanol–water partition coefficient (Wildman–Crippen LogP) is 2.99. The van der Waals surface area contributed by atoms with Crippen molar-refractivity contribution in [3.05, 3.63) is 48.0 Å². The predicted molar refractivity (Wildman–Crippen MR) is 104 cm³/mol. The molecule has 2 aromatic carbocycles. The van der Waals surface area contributed by atoms with Gasteiger partial charge in [-0.3, -0.25) is 9.52 Å². The van der Waals surface area contributed by atoms with Gasteiger partial charge < -0.3 is 14.4 Å². The highest BCUT2D eigenvalue weighted by Crippen LogP contribution is 2.29. The number of anilines is 1. The van der Waals surface area contributed by atoms with Gasteiger partial charge in [0.1, 0.15) is 16.4 Å². The van der Waals surface area contributed by atoms with Gasteiger partial charge in [0, 0.05) is 30.4 Å². The SMILES string of the molecule is CCN(CC)C(=O)c1ccc(NS(=O)(=O)c2cc(OC)ccc2OC)cc1. The molecule has 1 amide bonds. The van der Waals surface area contributed by atoms with Crippen LogP contribution in [0.15, 0.2) is 47.4 Å². The summed E-state index contributed by atoms with van der Waals surface area (Å²) in [6.07, 6.45) is 0. The first kappa shape index (κ1) is 20.6. The number of benzene rings is 2. The van der Waals surface area contributed by atoms with Gasteiger partial charge in [0.25, 0.3) is 15.9 Å². The first-order chi connectivity index (χ1) is 12.9. The Morgan fingerprint density at radius 3 is 2.15 bits per heavy atom. The number of rotatable bonds is 8. The molecule has 7 nitrogen and oxygen atoms in total. The zero-order valence-electron chi connectivity index (χ0n) is 15.9. The molecule has 146 valence electrons. The summed E-state index contributed by atoms with van der Waals surface area (Å²) < 4.78 is 38.2. The van der Waals surface area contributed by atoms with Crippen LogP contribution in [0.4, 0.5) is 5.69 Å². The van der Waals surface area contributed by atoms with E-state index in [-0.39, 0.29) is 16.6 Å². The standard InChI is InChI=1S/C19H24N2O5S/c1-5-21(6-2)19(22)14-7-9-15(10-8-14)20-27(23,24)18-13-16(25-3)11-12-17(18)26-4/h7-13,20H,5-6H2,1-4H3. The molecule has 1 N–H and O–H groups in total. The van der Waals surface area contributed by atoms with Gasteiger partial charge in [-0.15, -0.1) is 0 Å². The smallest absolute Gasteiger partial charge is 0.265 e. The maximum atomic E-state index is 12.7. The molecule has 2 rings (SSSR count). The van der Waals surface area contributed by atoms with Crippen molar-refractivity contribution in [1.82, 2.24) is 4.90 Å². The molecule has 0 saturated heterocycles. The van der Waals surface area contributed by atoms with Crippen LogP contribution in [-0.2, 0) is 10.0 Å². The normalized spacial score (nSPS) is 11.0. The molecular weight excluding hydrogens is 368 g/mol. The zero-order valence-corrected chi connectivity index (χ0v) is 16.7. The number of hydrogen-bond donors (Lipinski definition) is 1. The molecule has 0 radical (unpaired) electrons. The highest BCUT2D eigenvalue weighted by molar-refractivity contribution is 7.92. The Morgan fingerprint density at radius 1 is 1.00 bits per heavy atom. The molecule has 0 spiro atoms. The van der Waals surface area contributed by atoms with Gasteiger partial charge in [0.2, 0.25) is 0 Å². The summed E-state index contributed by atoms with van der Waals surface area (Å²) in [5.41, 5.74) is 0.844. The fourth-order valence-corrected chi connectivity index (χ4v) is 3.82. The molecule has 0 aliphatic carbocycles. The first-order valence-electron chi connectivity index (χ1n) is 8.50. The highest BCUT2D eigenvalue weighted by atomic mass is 32.2. The van der Waals surface area contributed by atoms with Gasteiger partial charge in [-0.2, -0.15) is 0 Å². The molecule has 0 atom stereocenters. The van der Waals surface area contributed by atoms with Crippen LogP contribution in [0.2, 0.25) is 0 Å². The molecule has 0 unspecified atom stereocenters. The van der Waals surface area contributed by atoms with E-state index in [2.05, 4.69) is 4.72 Å². The van der Waals surface area contributed by atoms with Crippen LogP contribution in [-0.4, -0.2) is 46.5 Å². The number of amides is 1. The van der Waals surface area contributed by atoms with E-state index in [0.29, 0.717) is 30.1 Å². The van der Waals surface area contributed by atoms with Crippen LogP contribution in [0.3, 0.4) is 0 Å². The van der Waals surface area contributed by atoms with Crippen molar-refractivity contribution in [2.24, 2.45) is 0 Å². The quantitative estimate of drug-likeness (QED) is 0.746. The number of hydrogen-bond acceptors (Lipinski definition) is 5. The third-order valence-corrected chi connectivity index (χ3v) is 5.50. The molecule has 0 aliphatic heterocycles. The highest BCUT2D eigenvalue weighted by Gasteiger charge is 2.21. The van der Waals surface area contributed by atoms with E-state index in [1.807, 2.05) is 13.8 Å². The summed E-state index contributed by atoms with van der Waals surface area (Å²) >= 11 is 0. The summed E-state index contributed by atoms with van der Waals surface area (Å²) in [4.78, 5) is 14.0. The van der Waals surface area contributed by atoms with Gasteiger partial charge in [0.15, 0.2) is 0 Å². The van der Waals surface area contributed by atoms with Crippen molar-refractivity contribution in [2.75, 3.05) is 32.0 Å². The van der Waals surface area contributed by atoms with Crippen molar-refractivity contribution in [3.63, 3.8) is 0 Å². The van der Waals surface area contributed by atoms with E-state index in [0.717, 1.165) is 0 Å². The van der Waals surface area contributed by atoms with E-state index < -0.39 is 10.0 Å². The lowest BCUT2D eigenvalue weighted by atomic mass is 10.2. The van der Waals surface area contributed by atoms with Crippen LogP contribution in [0, 0.1) is 0 Å². The molecule has 0 aromatic heterocycles. The number of methoxy groups -OCH3 is 2. The minimum atomic E-state index is -3.90. The van der Waals surface area contributed by atoms with E-state index in [4.69, 9.17) is 9.47 Å². The molecule has 2 aromatic rings. The second-order valence-electron chi connectivity index (χ2n) is 5.68. The van der Waals surface area contributed by atoms with Crippen molar-refractivity contribution in [2.45, 2.75) is 18.7 Å². The van der Waals surface area contributed by atoms with E-state index in [9.17, 15) is 13.2 Å². The molecule has 0 saturated carbocycles. The van der Waals surface area contributed by atoms with Crippen molar-refractivity contribution >= 4 is 21.6 Å². The molecule has 0 aliphatic rings. The Bertz CT molecular complexity index is 891. The lowest BCUT2D eigenvalue weighted by Crippen LogP contribution is -2.30. The Labute approximate surface area is 160 Å². The Balaban J connectivity index is 2.27. The van der Waals surface area contributed by atoms with E-state index >= 15 is 0 Å². The number of ether oxygens (including phenoxy) is 2. The Morgan fingerprint density at radius 2 is 1.63 bits per heavy atom. The minimum absolute atomic E-state index is 0.0346. The summed E-state index contributed by atoms with van der Waals surface area (Å²) in [7, 11) is -1.04. The average molecular weight is 392 g/mol. The van der Waals surface area contributed by atoms with Crippen molar-refractivity contribution in [3.8, 4) is 11.5 Å². The second kappa shape index (κ2) is 8.77. The topological polar surface area (TPSA) is 84.9 Å². The maximum absolute atomic E-state index is 12.7. The van der Waals surface area contributed by atoms with Crippen LogP contribution in [0.5, 0.6) is 11.5 Å². The molecule has 0 fully saturated rings. The summed E-state index contributed by atoms with van der Waals surface area (Å²) in [6, 6.07) is 10.8. The van der Waals surface area contributed by atoms with Gasteiger partial charge >= 0.3 is 0 Å². The minimum Gasteiger partial charge on any atom is -0.497 e. The third-order valence-electron chi connectivity index (χ3n) is 4.10. The number of carbonyl (C=O) groups excluding carboxylic acids is 1. The number of carbonyl (C=O) groups is 1. The van der Waals surface area contributed by atoms with Crippen LogP contribution >= 0.6 is 0 Å². The molecule has 8 heteroatoms. The number of sulfonamides is 1. The average Bonchev–Trinajstić information content (AvgIpc) is 2.68. The summed E-state index contributed by atoms with van der Waals surface area (Å²) in [5.74, 6) is 0.511. The van der Waals surface area contributed by atoms with Crippen LogP contribution in [0.25, 0.3) is 0 Å². The second-order valence-corrected chi connectivity index (χ2v) is 7.33. The van der Waals surface area contributed by atoms with Gasteiger partial charge in [-0.05, 0) is 50.2 Å². The van der Waals surface area contributed by atoms with Crippen LogP contribution < -0.4 is 14.2 Å². The fraction of sp³-hybridized carbons (Fsp3) is 0.316. The fourth-order valence-electron chi connectivity index (χ4n) is 2.58. The summed E-state index contributed by atoms with van der Waals surface area (Å²) in [5, 5.41) is 0. The first-order valence-corrected chi connectivity index (χ1v) is 9.98. The Hall–Kier alpha value is -2.74. The largest absolute Gasteiger partial charge is 0.497 e. The van der Waals surface area contributed by atoms with Gasteiger partial charge in [0.05, 0.1) is 14.2 Å². The van der Waals surface area contributed by atoms with Crippen molar-refractivity contribution < 1.29 is 22.7 Å². The molecule has 27 heavy (non-hydrogen) atoms. The Kier molecular flexibility index (Phi) is 6.68. The number of nitrogens with zero attached hydrogens (tertiary/aromatic N) is 1. The molecular formula is C19H24N2O5S. The van der Waals surface area contributed by atoms with Crippen molar-refractivity contribution in [1.29, 1.82) is 0 Å². The van der Waals surface area contributed by atoms with E-state index in [1.54, 1.807) is 35.2 Å². The van der Waals surface area contributed by atoms with Gasteiger partial charge in [-0.25, -0.2) is 8.42 Å². The zero-order chi connectivity index (χ0) is 20.0. The summed E-state index contributed by atoms with van der Waals surface area (Å²) in [6.45, 7) is 5.04. The van der Waals surface area contributed by atoms with Gasteiger partial charge in [-0.1, -0.05) is 0 Å². The lowest BCUT2D eigenvalue weighted by molar-refractivity contribution is 0.0773.